The van der Waals surface area contributed by atoms with E-state index < -0.39 is 17.6 Å². The molecular weight excluding hydrogens is 417 g/mol. The maximum atomic E-state index is 14.5. The third-order valence-electron chi connectivity index (χ3n) is 5.66. The second kappa shape index (κ2) is 7.29. The molecule has 11 heteroatoms. The van der Waals surface area contributed by atoms with Gasteiger partial charge in [0.2, 0.25) is 0 Å². The topological polar surface area (TPSA) is 108 Å². The van der Waals surface area contributed by atoms with Crippen LogP contribution in [0.25, 0.3) is 22.7 Å². The zero-order valence-electron chi connectivity index (χ0n) is 17.4. The summed E-state index contributed by atoms with van der Waals surface area (Å²) < 4.78 is 17.3. The molecule has 0 unspecified atom stereocenters. The van der Waals surface area contributed by atoms with Crippen LogP contribution in [0.1, 0.15) is 12.6 Å². The molecule has 1 aliphatic heterocycles. The van der Waals surface area contributed by atoms with Gasteiger partial charge in [0, 0.05) is 49.8 Å². The normalized spacial score (nSPS) is 16.8. The first-order valence-electron chi connectivity index (χ1n) is 10.1. The number of rotatable bonds is 2. The summed E-state index contributed by atoms with van der Waals surface area (Å²) in [5, 5.41) is 9.26. The van der Waals surface area contributed by atoms with Gasteiger partial charge in [-0.05, 0) is 32.0 Å². The Morgan fingerprint density at radius 1 is 1.16 bits per heavy atom. The van der Waals surface area contributed by atoms with E-state index in [0.29, 0.717) is 36.5 Å². The number of anilines is 1. The molecule has 5 rings (SSSR count). The van der Waals surface area contributed by atoms with Crippen LogP contribution in [0, 0.1) is 12.7 Å². The summed E-state index contributed by atoms with van der Waals surface area (Å²) in [6.45, 7) is 5.01. The Hall–Kier alpha value is -4.02. The van der Waals surface area contributed by atoms with Crippen LogP contribution >= 0.6 is 0 Å². The molecule has 0 aliphatic carbocycles. The Morgan fingerprint density at radius 3 is 2.72 bits per heavy atom. The smallest absolute Gasteiger partial charge is 0.407 e. The van der Waals surface area contributed by atoms with Gasteiger partial charge < -0.3 is 19.3 Å². The number of amides is 1. The highest BCUT2D eigenvalue weighted by molar-refractivity contribution is 5.66. The number of hydrogen-bond acceptors (Lipinski definition) is 6. The summed E-state index contributed by atoms with van der Waals surface area (Å²) in [4.78, 5) is 40.1. The highest BCUT2D eigenvalue weighted by Gasteiger charge is 2.27. The third kappa shape index (κ3) is 3.31. The number of fused-ring (bicyclic) bond motifs is 2. The summed E-state index contributed by atoms with van der Waals surface area (Å²) >= 11 is 0. The number of carbonyl (C=O) groups is 1. The van der Waals surface area contributed by atoms with Crippen LogP contribution in [0.3, 0.4) is 0 Å². The molecule has 0 aromatic carbocycles. The minimum atomic E-state index is -0.937. The average molecular weight is 437 g/mol. The van der Waals surface area contributed by atoms with Gasteiger partial charge in [-0.1, -0.05) is 0 Å². The standard InChI is InChI=1S/C21H20FN7O3/c1-12-8-27-10-14(7-16(22)19(27)23-12)18-24-17-4-3-15(11-29(17)20(30)25-18)26-5-6-28(21(31)32)13(2)9-26/h3-4,7-8,10-11,13H,5-6,9H2,1-2H3,(H,31,32)/t13-/m0/s1. The Bertz CT molecular complexity index is 1430. The van der Waals surface area contributed by atoms with Gasteiger partial charge in [-0.3, -0.25) is 0 Å². The van der Waals surface area contributed by atoms with Crippen LogP contribution in [0.5, 0.6) is 0 Å². The molecule has 4 aromatic rings. The van der Waals surface area contributed by atoms with E-state index >= 15 is 0 Å². The monoisotopic (exact) mass is 437 g/mol. The first-order valence-corrected chi connectivity index (χ1v) is 10.1. The molecule has 1 saturated heterocycles. The van der Waals surface area contributed by atoms with E-state index in [0.717, 1.165) is 5.69 Å². The van der Waals surface area contributed by atoms with Gasteiger partial charge in [0.1, 0.15) is 5.65 Å². The number of nitrogens with zero attached hydrogens (tertiary/aromatic N) is 7. The molecule has 1 aliphatic rings. The molecule has 0 bridgehead atoms. The lowest BCUT2D eigenvalue weighted by Crippen LogP contribution is -2.53. The summed E-state index contributed by atoms with van der Waals surface area (Å²) in [5.41, 5.74) is 1.86. The number of imidazole rings is 1. The number of aryl methyl sites for hydroxylation is 1. The van der Waals surface area contributed by atoms with Gasteiger partial charge in [0.25, 0.3) is 0 Å². The van der Waals surface area contributed by atoms with Crippen LogP contribution in [-0.4, -0.2) is 65.5 Å². The lowest BCUT2D eigenvalue weighted by molar-refractivity contribution is 0.122. The average Bonchev–Trinajstić information content (AvgIpc) is 3.14. The van der Waals surface area contributed by atoms with Crippen molar-refractivity contribution in [2.75, 3.05) is 24.5 Å². The zero-order valence-corrected chi connectivity index (χ0v) is 17.4. The predicted molar refractivity (Wildman–Crippen MR) is 115 cm³/mol. The number of carboxylic acid groups (broad SMARTS) is 1. The lowest BCUT2D eigenvalue weighted by atomic mass is 10.2. The van der Waals surface area contributed by atoms with Crippen LogP contribution in [0.15, 0.2) is 41.6 Å². The minimum Gasteiger partial charge on any atom is -0.465 e. The fourth-order valence-corrected chi connectivity index (χ4v) is 4.10. The molecule has 0 radical (unpaired) electrons. The van der Waals surface area contributed by atoms with E-state index in [2.05, 4.69) is 15.0 Å². The summed E-state index contributed by atoms with van der Waals surface area (Å²) in [7, 11) is 0. The Labute approximate surface area is 181 Å². The second-order valence-electron chi connectivity index (χ2n) is 7.91. The molecule has 1 amide bonds. The van der Waals surface area contributed by atoms with Crippen LogP contribution in [0.2, 0.25) is 0 Å². The first kappa shape index (κ1) is 19.9. The number of pyridine rings is 2. The Balaban J connectivity index is 1.51. The highest BCUT2D eigenvalue weighted by Crippen LogP contribution is 2.22. The van der Waals surface area contributed by atoms with Gasteiger partial charge in [-0.2, -0.15) is 4.98 Å². The van der Waals surface area contributed by atoms with E-state index in [1.165, 1.54) is 15.4 Å². The molecule has 4 aromatic heterocycles. The van der Waals surface area contributed by atoms with E-state index in [1.54, 1.807) is 36.0 Å². The van der Waals surface area contributed by atoms with Crippen molar-refractivity contribution in [3.8, 4) is 11.4 Å². The first-order chi connectivity index (χ1) is 15.3. The van der Waals surface area contributed by atoms with Gasteiger partial charge in [-0.25, -0.2) is 28.3 Å². The van der Waals surface area contributed by atoms with Crippen molar-refractivity contribution in [2.24, 2.45) is 0 Å². The molecule has 1 atom stereocenters. The maximum absolute atomic E-state index is 14.5. The number of aromatic nitrogens is 5. The van der Waals surface area contributed by atoms with Crippen molar-refractivity contribution in [1.29, 1.82) is 0 Å². The third-order valence-corrected chi connectivity index (χ3v) is 5.66. The Morgan fingerprint density at radius 2 is 1.97 bits per heavy atom. The quantitative estimate of drug-likeness (QED) is 0.511. The van der Waals surface area contributed by atoms with Gasteiger partial charge in [0.05, 0.1) is 11.4 Å². The van der Waals surface area contributed by atoms with E-state index in [4.69, 9.17) is 0 Å². The van der Waals surface area contributed by atoms with Crippen molar-refractivity contribution in [3.63, 3.8) is 0 Å². The molecule has 164 valence electrons. The van der Waals surface area contributed by atoms with Crippen molar-refractivity contribution in [2.45, 2.75) is 19.9 Å². The van der Waals surface area contributed by atoms with Crippen molar-refractivity contribution in [1.82, 2.24) is 28.7 Å². The van der Waals surface area contributed by atoms with Crippen molar-refractivity contribution in [3.05, 3.63) is 58.8 Å². The van der Waals surface area contributed by atoms with Crippen LogP contribution in [-0.2, 0) is 0 Å². The lowest BCUT2D eigenvalue weighted by Gasteiger charge is -2.39. The fourth-order valence-electron chi connectivity index (χ4n) is 4.10. The SMILES string of the molecule is Cc1cn2cc(-c3nc(=O)n4cc(N5CCN(C(=O)O)[C@@H](C)C5)ccc4n3)cc(F)c2n1. The predicted octanol–water partition coefficient (Wildman–Crippen LogP) is 2.04. The Kier molecular flexibility index (Phi) is 4.54. The molecule has 10 nitrogen and oxygen atoms in total. The zero-order chi connectivity index (χ0) is 22.6. The molecule has 0 saturated carbocycles. The largest absolute Gasteiger partial charge is 0.465 e. The van der Waals surface area contributed by atoms with Crippen LogP contribution in [0.4, 0.5) is 14.9 Å². The highest BCUT2D eigenvalue weighted by atomic mass is 19.1. The molecular formula is C21H20FN7O3. The van der Waals surface area contributed by atoms with E-state index in [9.17, 15) is 19.1 Å². The molecule has 1 fully saturated rings. The summed E-state index contributed by atoms with van der Waals surface area (Å²) in [5.74, 6) is -0.400. The summed E-state index contributed by atoms with van der Waals surface area (Å²) in [6.07, 6.45) is 4.04. The fraction of sp³-hybridized carbons (Fsp3) is 0.286. The van der Waals surface area contributed by atoms with Gasteiger partial charge in [-0.15, -0.1) is 0 Å². The molecule has 1 N–H and O–H groups in total. The van der Waals surface area contributed by atoms with E-state index in [1.807, 2.05) is 17.9 Å². The van der Waals surface area contributed by atoms with E-state index in [-0.39, 0.29) is 17.5 Å². The molecule has 32 heavy (non-hydrogen) atoms. The van der Waals surface area contributed by atoms with Gasteiger partial charge >= 0.3 is 11.8 Å². The maximum Gasteiger partial charge on any atom is 0.407 e. The second-order valence-corrected chi connectivity index (χ2v) is 7.91. The number of piperazine rings is 1. The number of hydrogen-bond donors (Lipinski definition) is 1. The van der Waals surface area contributed by atoms with Gasteiger partial charge in [0.15, 0.2) is 17.3 Å². The van der Waals surface area contributed by atoms with Crippen molar-refractivity contribution < 1.29 is 14.3 Å². The number of halogens is 1. The minimum absolute atomic E-state index is 0.124. The molecule has 5 heterocycles. The summed E-state index contributed by atoms with van der Waals surface area (Å²) in [6, 6.07) is 4.62. The van der Waals surface area contributed by atoms with Crippen molar-refractivity contribution >= 4 is 23.1 Å². The molecule has 0 spiro atoms. The van der Waals surface area contributed by atoms with Crippen LogP contribution < -0.4 is 10.6 Å².